The zero-order valence-electron chi connectivity index (χ0n) is 54.2. The first-order chi connectivity index (χ1) is 46.4. The monoisotopic (exact) mass is 1240 g/mol. The first-order valence-electron chi connectivity index (χ1n) is 32.3. The van der Waals surface area contributed by atoms with Crippen molar-refractivity contribution in [3.8, 4) is 45.8 Å². The third kappa shape index (κ3) is 13.6. The van der Waals surface area contributed by atoms with Gasteiger partial charge in [0, 0.05) is 90.5 Å². The number of hydrogen-bond acceptors (Lipinski definition) is 10. The molecular formula is C85H72N8O2. The minimum absolute atomic E-state index is 0.0496. The number of aromatic nitrogens is 4. The molecule has 10 heteroatoms. The molecule has 0 spiro atoms. The molecule has 2 aromatic heterocycles. The van der Waals surface area contributed by atoms with Gasteiger partial charge in [0.1, 0.15) is 0 Å². The fourth-order valence-electron chi connectivity index (χ4n) is 12.2. The fourth-order valence-corrected chi connectivity index (χ4v) is 12.2. The summed E-state index contributed by atoms with van der Waals surface area (Å²) in [5.41, 5.74) is 23.4. The lowest BCUT2D eigenvalue weighted by molar-refractivity contribution is 0.581. The van der Waals surface area contributed by atoms with Crippen molar-refractivity contribution < 1.29 is 8.83 Å². The van der Waals surface area contributed by atoms with Gasteiger partial charge in [0.15, 0.2) is 0 Å². The molecule has 0 unspecified atom stereocenters. The number of hydrogen-bond donors (Lipinski definition) is 0. The van der Waals surface area contributed by atoms with Gasteiger partial charge < -0.3 is 28.4 Å². The molecule has 0 amide bonds. The van der Waals surface area contributed by atoms with E-state index in [1.807, 2.05) is 36.4 Å². The highest BCUT2D eigenvalue weighted by Gasteiger charge is 2.22. The van der Waals surface area contributed by atoms with E-state index in [2.05, 4.69) is 348 Å². The predicted octanol–water partition coefficient (Wildman–Crippen LogP) is 23.0. The third-order valence-corrected chi connectivity index (χ3v) is 17.2. The third-order valence-electron chi connectivity index (χ3n) is 17.2. The van der Waals surface area contributed by atoms with Crippen LogP contribution in [0, 0.1) is 20.8 Å². The van der Waals surface area contributed by atoms with Gasteiger partial charge in [-0.05, 0) is 260 Å². The van der Waals surface area contributed by atoms with Crippen LogP contribution in [-0.2, 0) is 18.3 Å². The molecule has 0 radical (unpaired) electrons. The summed E-state index contributed by atoms with van der Waals surface area (Å²) >= 11 is 0. The van der Waals surface area contributed by atoms with Crippen LogP contribution in [0.3, 0.4) is 0 Å². The standard InChI is InChI=1S/C85H72N8O2/c1-59-17-13-26-78(55-59)91(69-22-9-7-10-23-69)75-49-43-72(44-50-75)90(73-45-51-76(52-46-73)92(70-24-11-8-12-25-70)79-27-14-18-60(2)56-79)74-47-53-77(54-48-74)93(80-28-15-19-61(3)57-80)71-41-33-63(34-42-71)30-29-62-31-35-64(36-32-62)81-86-88-83(94-81)66-20-16-21-67(58-66)84-89-87-82(95-84)65-37-39-68(40-38-65)85(4,5)6/h7-28,31-58H,29-30H2,1-6H3. The smallest absolute Gasteiger partial charge is 0.248 e. The van der Waals surface area contributed by atoms with Crippen molar-refractivity contribution in [3.05, 3.63) is 337 Å². The lowest BCUT2D eigenvalue weighted by Crippen LogP contribution is -2.14. The summed E-state index contributed by atoms with van der Waals surface area (Å²) in [6.07, 6.45) is 1.73. The summed E-state index contributed by atoms with van der Waals surface area (Å²) in [4.78, 5) is 9.33. The molecule has 14 rings (SSSR count). The Hall–Kier alpha value is -11.9. The Labute approximate surface area is 556 Å². The zero-order valence-corrected chi connectivity index (χ0v) is 54.2. The number of benzene rings is 12. The molecule has 0 atom stereocenters. The second-order valence-corrected chi connectivity index (χ2v) is 25.2. The molecule has 10 nitrogen and oxygen atoms in total. The normalized spacial score (nSPS) is 11.3. The number of para-hydroxylation sites is 2. The van der Waals surface area contributed by atoms with Crippen LogP contribution in [0.25, 0.3) is 45.8 Å². The van der Waals surface area contributed by atoms with Crippen molar-refractivity contribution in [1.29, 1.82) is 0 Å². The molecule has 0 aliphatic heterocycles. The van der Waals surface area contributed by atoms with Gasteiger partial charge >= 0.3 is 0 Å². The van der Waals surface area contributed by atoms with Crippen LogP contribution < -0.4 is 19.6 Å². The molecule has 0 N–H and O–H groups in total. The van der Waals surface area contributed by atoms with Crippen molar-refractivity contribution >= 4 is 68.2 Å². The van der Waals surface area contributed by atoms with E-state index in [0.717, 1.165) is 103 Å². The van der Waals surface area contributed by atoms with Crippen LogP contribution in [0.2, 0.25) is 0 Å². The molecule has 2 heterocycles. The van der Waals surface area contributed by atoms with Gasteiger partial charge in [-0.15, -0.1) is 20.4 Å². The van der Waals surface area contributed by atoms with Crippen molar-refractivity contribution in [2.24, 2.45) is 0 Å². The Balaban J connectivity index is 0.705. The van der Waals surface area contributed by atoms with Crippen LogP contribution in [0.5, 0.6) is 0 Å². The number of anilines is 12. The van der Waals surface area contributed by atoms with E-state index in [1.54, 1.807) is 0 Å². The fraction of sp³-hybridized carbons (Fsp3) is 0.106. The van der Waals surface area contributed by atoms with Crippen molar-refractivity contribution in [2.45, 2.75) is 59.8 Å². The van der Waals surface area contributed by atoms with Crippen LogP contribution in [-0.4, -0.2) is 20.4 Å². The molecule has 0 fully saturated rings. The summed E-state index contributed by atoms with van der Waals surface area (Å²) in [7, 11) is 0. The topological polar surface area (TPSA) is 90.8 Å². The van der Waals surface area contributed by atoms with E-state index in [4.69, 9.17) is 8.83 Å². The maximum atomic E-state index is 6.26. The summed E-state index contributed by atoms with van der Waals surface area (Å²) < 4.78 is 12.4. The van der Waals surface area contributed by atoms with Crippen LogP contribution in [0.15, 0.2) is 312 Å². The van der Waals surface area contributed by atoms with Gasteiger partial charge in [0.2, 0.25) is 23.6 Å². The number of rotatable bonds is 19. The Morgan fingerprint density at radius 1 is 0.253 bits per heavy atom. The van der Waals surface area contributed by atoms with Crippen LogP contribution in [0.4, 0.5) is 68.2 Å². The van der Waals surface area contributed by atoms with Gasteiger partial charge in [0.05, 0.1) is 0 Å². The Bertz CT molecular complexity index is 4760. The van der Waals surface area contributed by atoms with E-state index in [9.17, 15) is 0 Å². The van der Waals surface area contributed by atoms with Gasteiger partial charge in [-0.3, -0.25) is 0 Å². The minimum Gasteiger partial charge on any atom is -0.416 e. The van der Waals surface area contributed by atoms with Crippen molar-refractivity contribution in [1.82, 2.24) is 20.4 Å². The average Bonchev–Trinajstić information content (AvgIpc) is 1.23. The van der Waals surface area contributed by atoms with E-state index >= 15 is 0 Å². The molecule has 0 saturated heterocycles. The van der Waals surface area contributed by atoms with Gasteiger partial charge in [0.25, 0.3) is 0 Å². The Morgan fingerprint density at radius 3 is 0.842 bits per heavy atom. The molecule has 14 aromatic rings. The number of aryl methyl sites for hydroxylation is 5. The lowest BCUT2D eigenvalue weighted by Gasteiger charge is -2.30. The largest absolute Gasteiger partial charge is 0.416 e. The van der Waals surface area contributed by atoms with Crippen LogP contribution in [0.1, 0.15) is 54.2 Å². The highest BCUT2D eigenvalue weighted by molar-refractivity contribution is 5.85. The summed E-state index contributed by atoms with van der Waals surface area (Å²) in [5, 5.41) is 17.6. The van der Waals surface area contributed by atoms with Crippen LogP contribution >= 0.6 is 0 Å². The van der Waals surface area contributed by atoms with E-state index in [0.29, 0.717) is 23.6 Å². The number of nitrogens with zero attached hydrogens (tertiary/aromatic N) is 8. The van der Waals surface area contributed by atoms with E-state index < -0.39 is 0 Å². The Morgan fingerprint density at radius 2 is 0.516 bits per heavy atom. The molecular weight excluding hydrogens is 1160 g/mol. The van der Waals surface area contributed by atoms with Gasteiger partial charge in [-0.1, -0.05) is 136 Å². The highest BCUT2D eigenvalue weighted by atomic mass is 16.4. The predicted molar refractivity (Wildman–Crippen MR) is 389 cm³/mol. The van der Waals surface area contributed by atoms with Gasteiger partial charge in [-0.2, -0.15) is 0 Å². The maximum absolute atomic E-state index is 6.26. The quantitative estimate of drug-likeness (QED) is 0.0780. The Kier molecular flexibility index (Phi) is 17.1. The molecule has 0 aliphatic carbocycles. The van der Waals surface area contributed by atoms with Crippen molar-refractivity contribution in [3.63, 3.8) is 0 Å². The summed E-state index contributed by atoms with van der Waals surface area (Å²) in [5.74, 6) is 1.73. The second kappa shape index (κ2) is 26.8. The van der Waals surface area contributed by atoms with E-state index in [1.165, 1.54) is 33.4 Å². The molecule has 0 bridgehead atoms. The summed E-state index contributed by atoms with van der Waals surface area (Å²) in [6, 6.07) is 107. The second-order valence-electron chi connectivity index (χ2n) is 25.2. The lowest BCUT2D eigenvalue weighted by atomic mass is 9.87. The highest BCUT2D eigenvalue weighted by Crippen LogP contribution is 2.44. The molecule has 0 aliphatic rings. The van der Waals surface area contributed by atoms with Crippen molar-refractivity contribution in [2.75, 3.05) is 19.6 Å². The van der Waals surface area contributed by atoms with Gasteiger partial charge in [-0.25, -0.2) is 0 Å². The summed E-state index contributed by atoms with van der Waals surface area (Å²) in [6.45, 7) is 13.0. The SMILES string of the molecule is Cc1cccc(N(c2ccccc2)c2ccc(N(c3ccc(N(c4ccccc4)c4cccc(C)c4)cc3)c3ccc(N(c4ccc(CCc5ccc(-c6nnc(-c7cccc(-c8nnc(-c9ccc(C(C)(C)C)cc9)o8)c7)o6)cc5)cc4)c4cccc(C)c4)cc3)cc2)c1. The van der Waals surface area contributed by atoms with E-state index in [-0.39, 0.29) is 5.41 Å². The first-order valence-corrected chi connectivity index (χ1v) is 32.3. The first kappa shape index (κ1) is 60.7. The molecule has 12 aromatic carbocycles. The average molecular weight is 1240 g/mol. The molecule has 95 heavy (non-hydrogen) atoms. The molecule has 464 valence electrons. The molecule has 0 saturated carbocycles. The minimum atomic E-state index is 0.0496. The zero-order chi connectivity index (χ0) is 64.8. The maximum Gasteiger partial charge on any atom is 0.248 e.